The van der Waals surface area contributed by atoms with Gasteiger partial charge in [-0.25, -0.2) is 9.78 Å². The predicted molar refractivity (Wildman–Crippen MR) is 108 cm³/mol. The van der Waals surface area contributed by atoms with Crippen LogP contribution in [0, 0.1) is 0 Å². The van der Waals surface area contributed by atoms with E-state index in [1.165, 1.54) is 6.20 Å². The molecule has 3 aromatic heterocycles. The summed E-state index contributed by atoms with van der Waals surface area (Å²) < 4.78 is 1.80. The van der Waals surface area contributed by atoms with Gasteiger partial charge in [-0.3, -0.25) is 10.2 Å². The standard InChI is InChI=1S/C18H13ClN6OS/c19-16-14(10-21-23-18(16)26)22-20-9-12-11-25(13-5-2-1-3-6-13)24-17(12)15-7-4-8-27-15/h1-11H,(H2,22,23,26)/b20-9-. The molecule has 0 atom stereocenters. The number of aromatic amines is 1. The second-order valence-corrected chi connectivity index (χ2v) is 6.81. The summed E-state index contributed by atoms with van der Waals surface area (Å²) in [5.41, 5.74) is 5.18. The number of aromatic nitrogens is 4. The molecule has 4 aromatic rings. The highest BCUT2D eigenvalue weighted by atomic mass is 35.5. The largest absolute Gasteiger partial charge is 0.285 e. The average molecular weight is 397 g/mol. The fourth-order valence-corrected chi connectivity index (χ4v) is 3.30. The Hall–Kier alpha value is -3.23. The number of rotatable bonds is 5. The first-order valence-electron chi connectivity index (χ1n) is 7.93. The van der Waals surface area contributed by atoms with Crippen molar-refractivity contribution in [2.75, 3.05) is 5.43 Å². The van der Waals surface area contributed by atoms with E-state index in [-0.39, 0.29) is 5.02 Å². The Balaban J connectivity index is 1.68. The highest BCUT2D eigenvalue weighted by Crippen LogP contribution is 2.27. The topological polar surface area (TPSA) is 88.0 Å². The van der Waals surface area contributed by atoms with E-state index in [2.05, 4.69) is 20.7 Å². The highest BCUT2D eigenvalue weighted by Gasteiger charge is 2.12. The molecule has 0 spiro atoms. The van der Waals surface area contributed by atoms with Crippen molar-refractivity contribution in [3.8, 4) is 16.3 Å². The maximum atomic E-state index is 11.5. The monoisotopic (exact) mass is 396 g/mol. The summed E-state index contributed by atoms with van der Waals surface area (Å²) in [6.07, 6.45) is 4.93. The van der Waals surface area contributed by atoms with E-state index in [4.69, 9.17) is 16.7 Å². The number of nitrogens with zero attached hydrogens (tertiary/aromatic N) is 4. The van der Waals surface area contributed by atoms with E-state index < -0.39 is 5.56 Å². The Bertz CT molecular complexity index is 1130. The van der Waals surface area contributed by atoms with E-state index in [0.717, 1.165) is 21.8 Å². The van der Waals surface area contributed by atoms with Crippen LogP contribution in [0.5, 0.6) is 0 Å². The number of anilines is 1. The molecule has 0 aliphatic rings. The van der Waals surface area contributed by atoms with E-state index in [0.29, 0.717) is 5.69 Å². The molecular weight excluding hydrogens is 384 g/mol. The molecule has 0 aliphatic carbocycles. The predicted octanol–water partition coefficient (Wildman–Crippen LogP) is 3.78. The molecule has 4 rings (SSSR count). The van der Waals surface area contributed by atoms with Gasteiger partial charge in [-0.05, 0) is 23.6 Å². The number of para-hydroxylation sites is 1. The Kier molecular flexibility index (Phi) is 4.82. The number of hydrazone groups is 1. The maximum absolute atomic E-state index is 11.5. The first kappa shape index (κ1) is 17.2. The van der Waals surface area contributed by atoms with Crippen LogP contribution >= 0.6 is 22.9 Å². The van der Waals surface area contributed by atoms with Crippen molar-refractivity contribution in [1.82, 2.24) is 20.0 Å². The fraction of sp³-hybridized carbons (Fsp3) is 0. The van der Waals surface area contributed by atoms with Crippen LogP contribution in [0.15, 0.2) is 70.1 Å². The summed E-state index contributed by atoms with van der Waals surface area (Å²) in [4.78, 5) is 12.5. The van der Waals surface area contributed by atoms with Gasteiger partial charge in [-0.2, -0.15) is 15.3 Å². The summed E-state index contributed by atoms with van der Waals surface area (Å²) in [6.45, 7) is 0. The third-order valence-corrected chi connectivity index (χ3v) is 4.95. The van der Waals surface area contributed by atoms with Gasteiger partial charge >= 0.3 is 0 Å². The van der Waals surface area contributed by atoms with Gasteiger partial charge in [0.2, 0.25) is 0 Å². The Labute approximate surface area is 163 Å². The van der Waals surface area contributed by atoms with Gasteiger partial charge in [0.1, 0.15) is 16.4 Å². The maximum Gasteiger partial charge on any atom is 0.285 e. The molecule has 9 heteroatoms. The van der Waals surface area contributed by atoms with Crippen molar-refractivity contribution >= 4 is 34.8 Å². The van der Waals surface area contributed by atoms with Crippen molar-refractivity contribution in [2.45, 2.75) is 0 Å². The minimum atomic E-state index is -0.479. The molecule has 2 N–H and O–H groups in total. The van der Waals surface area contributed by atoms with Crippen molar-refractivity contribution in [3.63, 3.8) is 0 Å². The molecule has 0 aliphatic heterocycles. The molecule has 0 saturated carbocycles. The average Bonchev–Trinajstić information content (AvgIpc) is 3.35. The molecule has 27 heavy (non-hydrogen) atoms. The SMILES string of the molecule is O=c1[nH]ncc(N/N=C\c2cn(-c3ccccc3)nc2-c2cccs2)c1Cl. The van der Waals surface area contributed by atoms with Crippen molar-refractivity contribution in [1.29, 1.82) is 0 Å². The van der Waals surface area contributed by atoms with Crippen LogP contribution in [0.3, 0.4) is 0 Å². The number of hydrogen-bond donors (Lipinski definition) is 2. The molecule has 0 amide bonds. The van der Waals surface area contributed by atoms with Gasteiger partial charge in [0.25, 0.3) is 5.56 Å². The lowest BCUT2D eigenvalue weighted by atomic mass is 10.2. The quantitative estimate of drug-likeness (QED) is 0.397. The van der Waals surface area contributed by atoms with Crippen molar-refractivity contribution in [2.24, 2.45) is 5.10 Å². The summed E-state index contributed by atoms with van der Waals surface area (Å²) in [5, 5.41) is 16.8. The second kappa shape index (κ2) is 7.56. The highest BCUT2D eigenvalue weighted by molar-refractivity contribution is 7.13. The fourth-order valence-electron chi connectivity index (χ4n) is 2.43. The van der Waals surface area contributed by atoms with Gasteiger partial charge in [0, 0.05) is 11.8 Å². The number of nitrogens with one attached hydrogen (secondary N) is 2. The van der Waals surface area contributed by atoms with Gasteiger partial charge in [0.15, 0.2) is 0 Å². The van der Waals surface area contributed by atoms with E-state index >= 15 is 0 Å². The molecule has 0 saturated heterocycles. The molecule has 3 heterocycles. The van der Waals surface area contributed by atoms with E-state index in [9.17, 15) is 4.79 Å². The first-order chi connectivity index (χ1) is 13.2. The summed E-state index contributed by atoms with van der Waals surface area (Å²) in [6, 6.07) is 13.8. The van der Waals surface area contributed by atoms with Crippen molar-refractivity contribution in [3.05, 3.63) is 81.2 Å². The lowest BCUT2D eigenvalue weighted by Crippen LogP contribution is -2.10. The zero-order chi connectivity index (χ0) is 18.6. The number of thiophene rings is 1. The molecule has 0 unspecified atom stereocenters. The second-order valence-electron chi connectivity index (χ2n) is 5.49. The van der Waals surface area contributed by atoms with Gasteiger partial charge in [0.05, 0.1) is 23.0 Å². The Morgan fingerprint density at radius 1 is 1.22 bits per heavy atom. The van der Waals surface area contributed by atoms with Gasteiger partial charge in [-0.15, -0.1) is 11.3 Å². The van der Waals surface area contributed by atoms with E-state index in [1.807, 2.05) is 54.0 Å². The normalized spacial score (nSPS) is 11.1. The smallest absolute Gasteiger partial charge is 0.275 e. The summed E-state index contributed by atoms with van der Waals surface area (Å²) in [5.74, 6) is 0. The molecule has 0 fully saturated rings. The Morgan fingerprint density at radius 3 is 2.85 bits per heavy atom. The summed E-state index contributed by atoms with van der Waals surface area (Å²) >= 11 is 7.54. The van der Waals surface area contributed by atoms with Gasteiger partial charge < -0.3 is 0 Å². The first-order valence-corrected chi connectivity index (χ1v) is 9.19. The third-order valence-electron chi connectivity index (χ3n) is 3.70. The lowest BCUT2D eigenvalue weighted by molar-refractivity contribution is 0.885. The Morgan fingerprint density at radius 2 is 2.07 bits per heavy atom. The van der Waals surface area contributed by atoms with Crippen LogP contribution in [0.1, 0.15) is 5.56 Å². The van der Waals surface area contributed by atoms with Crippen LogP contribution in [0.2, 0.25) is 5.02 Å². The number of benzene rings is 1. The molecule has 0 radical (unpaired) electrons. The van der Waals surface area contributed by atoms with Crippen molar-refractivity contribution < 1.29 is 0 Å². The number of halogens is 1. The molecule has 0 bridgehead atoms. The lowest BCUT2D eigenvalue weighted by Gasteiger charge is -2.00. The van der Waals surface area contributed by atoms with E-state index in [1.54, 1.807) is 22.2 Å². The zero-order valence-corrected chi connectivity index (χ0v) is 15.4. The third kappa shape index (κ3) is 3.67. The minimum Gasteiger partial charge on any atom is -0.275 e. The van der Waals surface area contributed by atoms with Crippen LogP contribution in [0.25, 0.3) is 16.3 Å². The minimum absolute atomic E-state index is 0.000566. The number of H-pyrrole nitrogens is 1. The number of hydrogen-bond acceptors (Lipinski definition) is 6. The zero-order valence-electron chi connectivity index (χ0n) is 13.8. The molecular formula is C18H13ClN6OS. The molecule has 134 valence electrons. The van der Waals surface area contributed by atoms with Gasteiger partial charge in [-0.1, -0.05) is 35.9 Å². The van der Waals surface area contributed by atoms with Crippen LogP contribution < -0.4 is 11.0 Å². The molecule has 7 nitrogen and oxygen atoms in total. The van der Waals surface area contributed by atoms with Crippen LogP contribution in [0.4, 0.5) is 5.69 Å². The summed E-state index contributed by atoms with van der Waals surface area (Å²) in [7, 11) is 0. The van der Waals surface area contributed by atoms with Crippen LogP contribution in [-0.4, -0.2) is 26.2 Å². The molecule has 1 aromatic carbocycles. The van der Waals surface area contributed by atoms with Crippen LogP contribution in [-0.2, 0) is 0 Å².